The summed E-state index contributed by atoms with van der Waals surface area (Å²) in [4.78, 5) is 12.2. The van der Waals surface area contributed by atoms with E-state index in [4.69, 9.17) is 9.37 Å². The molecule has 0 radical (unpaired) electrons. The SMILES string of the molecule is Cc1ccc(C)c(-c2nonc2NC(=O)COc2ccc(C)c(C)c2)c1. The molecule has 3 aromatic rings. The van der Waals surface area contributed by atoms with Gasteiger partial charge in [0.15, 0.2) is 12.3 Å². The summed E-state index contributed by atoms with van der Waals surface area (Å²) in [5.74, 6) is 0.606. The van der Waals surface area contributed by atoms with E-state index in [-0.39, 0.29) is 18.3 Å². The summed E-state index contributed by atoms with van der Waals surface area (Å²) in [6.07, 6.45) is 0. The molecule has 6 nitrogen and oxygen atoms in total. The van der Waals surface area contributed by atoms with Crippen LogP contribution in [0.5, 0.6) is 5.75 Å². The van der Waals surface area contributed by atoms with E-state index in [9.17, 15) is 4.79 Å². The summed E-state index contributed by atoms with van der Waals surface area (Å²) in [5.41, 5.74) is 5.77. The lowest BCUT2D eigenvalue weighted by atomic mass is 10.0. The Bertz CT molecular complexity index is 947. The predicted molar refractivity (Wildman–Crippen MR) is 99.2 cm³/mol. The van der Waals surface area contributed by atoms with Crippen LogP contribution < -0.4 is 10.1 Å². The van der Waals surface area contributed by atoms with E-state index in [2.05, 4.69) is 15.6 Å². The van der Waals surface area contributed by atoms with Crippen LogP contribution in [0.3, 0.4) is 0 Å². The second kappa shape index (κ2) is 7.39. The van der Waals surface area contributed by atoms with E-state index >= 15 is 0 Å². The normalized spacial score (nSPS) is 10.6. The molecule has 0 bridgehead atoms. The molecule has 1 N–H and O–H groups in total. The molecular weight excluding hydrogens is 330 g/mol. The standard InChI is InChI=1S/C20H21N3O3/c1-12-5-6-14(3)17(9-12)19-20(23-26-22-19)21-18(24)11-25-16-8-7-13(2)15(4)10-16/h5-10H,11H2,1-4H3,(H,21,23,24). The van der Waals surface area contributed by atoms with Crippen LogP contribution in [0.15, 0.2) is 41.0 Å². The largest absolute Gasteiger partial charge is 0.484 e. The Labute approximate surface area is 152 Å². The highest BCUT2D eigenvalue weighted by molar-refractivity contribution is 5.94. The number of aryl methyl sites for hydroxylation is 4. The van der Waals surface area contributed by atoms with Crippen LogP contribution >= 0.6 is 0 Å². The molecule has 6 heteroatoms. The number of aromatic nitrogens is 2. The minimum absolute atomic E-state index is 0.123. The van der Waals surface area contributed by atoms with E-state index < -0.39 is 0 Å². The first-order valence-corrected chi connectivity index (χ1v) is 8.34. The fourth-order valence-electron chi connectivity index (χ4n) is 2.56. The lowest BCUT2D eigenvalue weighted by Gasteiger charge is -2.09. The van der Waals surface area contributed by atoms with Gasteiger partial charge in [0.25, 0.3) is 5.91 Å². The molecule has 0 atom stereocenters. The van der Waals surface area contributed by atoms with Crippen LogP contribution in [0, 0.1) is 27.7 Å². The van der Waals surface area contributed by atoms with Crippen LogP contribution in [-0.2, 0) is 4.79 Å². The summed E-state index contributed by atoms with van der Waals surface area (Å²) in [6.45, 7) is 7.86. The topological polar surface area (TPSA) is 77.3 Å². The number of carbonyl (C=O) groups excluding carboxylic acids is 1. The minimum Gasteiger partial charge on any atom is -0.484 e. The van der Waals surface area contributed by atoms with Gasteiger partial charge in [-0.3, -0.25) is 4.79 Å². The number of hydrogen-bond acceptors (Lipinski definition) is 5. The average Bonchev–Trinajstić information content (AvgIpc) is 3.06. The average molecular weight is 351 g/mol. The minimum atomic E-state index is -0.328. The first-order chi connectivity index (χ1) is 12.4. The van der Waals surface area contributed by atoms with Crippen molar-refractivity contribution in [3.05, 3.63) is 58.7 Å². The molecule has 0 aliphatic heterocycles. The monoisotopic (exact) mass is 351 g/mol. The maximum atomic E-state index is 12.2. The molecule has 0 aliphatic carbocycles. The highest BCUT2D eigenvalue weighted by atomic mass is 16.6. The number of hydrogen-bond donors (Lipinski definition) is 1. The molecule has 0 saturated heterocycles. The van der Waals surface area contributed by atoms with Gasteiger partial charge in [-0.1, -0.05) is 23.8 Å². The maximum absolute atomic E-state index is 12.2. The van der Waals surface area contributed by atoms with Gasteiger partial charge in [-0.25, -0.2) is 4.63 Å². The number of carbonyl (C=O) groups is 1. The summed E-state index contributed by atoms with van der Waals surface area (Å²) >= 11 is 0. The molecule has 0 saturated carbocycles. The fourth-order valence-corrected chi connectivity index (χ4v) is 2.56. The molecule has 2 aromatic carbocycles. The summed E-state index contributed by atoms with van der Waals surface area (Å²) < 4.78 is 10.4. The third-order valence-corrected chi connectivity index (χ3v) is 4.24. The highest BCUT2D eigenvalue weighted by Crippen LogP contribution is 2.28. The zero-order valence-corrected chi connectivity index (χ0v) is 15.3. The number of nitrogens with one attached hydrogen (secondary N) is 1. The van der Waals surface area contributed by atoms with Gasteiger partial charge in [0.1, 0.15) is 5.75 Å². The van der Waals surface area contributed by atoms with Gasteiger partial charge < -0.3 is 10.1 Å². The zero-order chi connectivity index (χ0) is 18.7. The first-order valence-electron chi connectivity index (χ1n) is 8.34. The fraction of sp³-hybridized carbons (Fsp3) is 0.250. The molecular formula is C20H21N3O3. The van der Waals surface area contributed by atoms with Crippen molar-refractivity contribution < 1.29 is 14.2 Å². The predicted octanol–water partition coefficient (Wildman–Crippen LogP) is 3.99. The Kier molecular flexibility index (Phi) is 5.02. The second-order valence-corrected chi connectivity index (χ2v) is 6.36. The van der Waals surface area contributed by atoms with Crippen molar-refractivity contribution in [2.75, 3.05) is 11.9 Å². The Morgan fingerprint density at radius 2 is 1.77 bits per heavy atom. The number of rotatable bonds is 5. The lowest BCUT2D eigenvalue weighted by molar-refractivity contribution is -0.118. The quantitative estimate of drug-likeness (QED) is 0.752. The van der Waals surface area contributed by atoms with Crippen molar-refractivity contribution >= 4 is 11.7 Å². The van der Waals surface area contributed by atoms with Crippen molar-refractivity contribution in [2.45, 2.75) is 27.7 Å². The van der Waals surface area contributed by atoms with E-state index in [1.807, 2.05) is 64.1 Å². The van der Waals surface area contributed by atoms with Crippen molar-refractivity contribution in [2.24, 2.45) is 0 Å². The van der Waals surface area contributed by atoms with Crippen LogP contribution in [0.4, 0.5) is 5.82 Å². The lowest BCUT2D eigenvalue weighted by Crippen LogP contribution is -2.20. The van der Waals surface area contributed by atoms with Gasteiger partial charge >= 0.3 is 0 Å². The van der Waals surface area contributed by atoms with Crippen molar-refractivity contribution in [3.8, 4) is 17.0 Å². The first kappa shape index (κ1) is 17.7. The van der Waals surface area contributed by atoms with Gasteiger partial charge in [0.05, 0.1) is 0 Å². The number of benzene rings is 2. The number of ether oxygens (including phenoxy) is 1. The number of amides is 1. The molecule has 0 fully saturated rings. The smallest absolute Gasteiger partial charge is 0.263 e. The van der Waals surface area contributed by atoms with Gasteiger partial charge in [0, 0.05) is 5.56 Å². The van der Waals surface area contributed by atoms with Gasteiger partial charge in [-0.2, -0.15) is 0 Å². The summed E-state index contributed by atoms with van der Waals surface area (Å²) in [5, 5.41) is 10.5. The van der Waals surface area contributed by atoms with Crippen LogP contribution in [0.1, 0.15) is 22.3 Å². The number of nitrogens with zero attached hydrogens (tertiary/aromatic N) is 2. The summed E-state index contributed by atoms with van der Waals surface area (Å²) in [6, 6.07) is 11.7. The molecule has 1 aromatic heterocycles. The third kappa shape index (κ3) is 3.91. The van der Waals surface area contributed by atoms with E-state index in [1.165, 1.54) is 5.56 Å². The highest BCUT2D eigenvalue weighted by Gasteiger charge is 2.17. The number of anilines is 1. The van der Waals surface area contributed by atoms with Gasteiger partial charge in [-0.05, 0) is 72.9 Å². The van der Waals surface area contributed by atoms with Gasteiger partial charge in [-0.15, -0.1) is 0 Å². The molecule has 0 aliphatic rings. The van der Waals surface area contributed by atoms with E-state index in [0.29, 0.717) is 11.4 Å². The Morgan fingerprint density at radius 1 is 1.00 bits per heavy atom. The molecule has 0 spiro atoms. The van der Waals surface area contributed by atoms with Crippen molar-refractivity contribution in [1.82, 2.24) is 10.3 Å². The molecule has 1 heterocycles. The Hall–Kier alpha value is -3.15. The van der Waals surface area contributed by atoms with Crippen molar-refractivity contribution in [1.29, 1.82) is 0 Å². The van der Waals surface area contributed by atoms with Gasteiger partial charge in [0.2, 0.25) is 5.82 Å². The Balaban J connectivity index is 1.70. The molecule has 26 heavy (non-hydrogen) atoms. The molecule has 3 rings (SSSR count). The molecule has 134 valence electrons. The maximum Gasteiger partial charge on any atom is 0.263 e. The van der Waals surface area contributed by atoms with Crippen molar-refractivity contribution in [3.63, 3.8) is 0 Å². The summed E-state index contributed by atoms with van der Waals surface area (Å²) in [7, 11) is 0. The van der Waals surface area contributed by atoms with Crippen LogP contribution in [0.25, 0.3) is 11.3 Å². The molecule has 1 amide bonds. The third-order valence-electron chi connectivity index (χ3n) is 4.24. The van der Waals surface area contributed by atoms with Crippen LogP contribution in [0.2, 0.25) is 0 Å². The molecule has 0 unspecified atom stereocenters. The second-order valence-electron chi connectivity index (χ2n) is 6.36. The van der Waals surface area contributed by atoms with E-state index in [0.717, 1.165) is 22.3 Å². The Morgan fingerprint density at radius 3 is 2.54 bits per heavy atom. The van der Waals surface area contributed by atoms with E-state index in [1.54, 1.807) is 0 Å². The zero-order valence-electron chi connectivity index (χ0n) is 15.3. The van der Waals surface area contributed by atoms with Crippen LogP contribution in [-0.4, -0.2) is 22.8 Å².